The first-order chi connectivity index (χ1) is 7.88. The molecule has 0 atom stereocenters. The van der Waals surface area contributed by atoms with E-state index in [-0.39, 0.29) is 0 Å². The molecule has 0 bridgehead atoms. The van der Waals surface area contributed by atoms with Gasteiger partial charge in [-0.15, -0.1) is 5.10 Å². The highest BCUT2D eigenvalue weighted by atomic mass is 15.5. The van der Waals surface area contributed by atoms with E-state index in [1.165, 1.54) is 0 Å². The molecule has 0 aliphatic carbocycles. The van der Waals surface area contributed by atoms with Crippen molar-refractivity contribution >= 4 is 0 Å². The molecule has 0 unspecified atom stereocenters. The Hall–Kier alpha value is -1.69. The molecule has 0 radical (unpaired) electrons. The Morgan fingerprint density at radius 2 is 2.38 bits per heavy atom. The van der Waals surface area contributed by atoms with Crippen molar-refractivity contribution in [3.63, 3.8) is 0 Å². The SMILES string of the molecule is CCn1nccc1-c1cn(C2CNC2)nn1. The topological polar surface area (TPSA) is 60.6 Å². The Labute approximate surface area is 93.3 Å². The standard InChI is InChI=1S/C10H14N6/c1-2-15-10(3-4-12-15)9-7-16(14-13-9)8-5-11-6-8/h3-4,7-8,11H,2,5-6H2,1H3. The lowest BCUT2D eigenvalue weighted by atomic mass is 10.2. The number of nitrogens with zero attached hydrogens (tertiary/aromatic N) is 5. The quantitative estimate of drug-likeness (QED) is 0.805. The lowest BCUT2D eigenvalue weighted by molar-refractivity contribution is 0.313. The van der Waals surface area contributed by atoms with Crippen LogP contribution in [0.5, 0.6) is 0 Å². The summed E-state index contributed by atoms with van der Waals surface area (Å²) in [5.41, 5.74) is 1.92. The maximum absolute atomic E-state index is 4.23. The van der Waals surface area contributed by atoms with Gasteiger partial charge < -0.3 is 5.32 Å². The lowest BCUT2D eigenvalue weighted by Crippen LogP contribution is -2.43. The van der Waals surface area contributed by atoms with E-state index in [9.17, 15) is 0 Å². The highest BCUT2D eigenvalue weighted by Crippen LogP contribution is 2.18. The zero-order chi connectivity index (χ0) is 11.0. The normalized spacial score (nSPS) is 16.3. The molecule has 1 aliphatic heterocycles. The van der Waals surface area contributed by atoms with Gasteiger partial charge in [-0.25, -0.2) is 4.68 Å². The smallest absolute Gasteiger partial charge is 0.131 e. The third-order valence-corrected chi connectivity index (χ3v) is 2.92. The second-order valence-corrected chi connectivity index (χ2v) is 3.93. The van der Waals surface area contributed by atoms with Gasteiger partial charge in [0.1, 0.15) is 5.69 Å². The summed E-state index contributed by atoms with van der Waals surface area (Å²) in [7, 11) is 0. The van der Waals surface area contributed by atoms with Crippen LogP contribution in [0.2, 0.25) is 0 Å². The van der Waals surface area contributed by atoms with E-state index in [4.69, 9.17) is 0 Å². The van der Waals surface area contributed by atoms with Crippen molar-refractivity contribution in [1.29, 1.82) is 0 Å². The van der Waals surface area contributed by atoms with Crippen LogP contribution in [0.15, 0.2) is 18.5 Å². The molecule has 0 aromatic carbocycles. The number of hydrogen-bond donors (Lipinski definition) is 1. The summed E-state index contributed by atoms with van der Waals surface area (Å²) in [4.78, 5) is 0. The zero-order valence-corrected chi connectivity index (χ0v) is 9.17. The van der Waals surface area contributed by atoms with Crippen LogP contribution in [0.3, 0.4) is 0 Å². The Kier molecular flexibility index (Phi) is 2.21. The van der Waals surface area contributed by atoms with E-state index in [0.717, 1.165) is 31.0 Å². The van der Waals surface area contributed by atoms with Crippen LogP contribution in [-0.4, -0.2) is 37.9 Å². The molecule has 16 heavy (non-hydrogen) atoms. The van der Waals surface area contributed by atoms with Crippen molar-refractivity contribution in [1.82, 2.24) is 30.1 Å². The van der Waals surface area contributed by atoms with Crippen LogP contribution in [0.25, 0.3) is 11.4 Å². The molecule has 6 nitrogen and oxygen atoms in total. The van der Waals surface area contributed by atoms with Crippen LogP contribution < -0.4 is 5.32 Å². The molecule has 1 aliphatic rings. The van der Waals surface area contributed by atoms with Gasteiger partial charge >= 0.3 is 0 Å². The molecule has 84 valence electrons. The summed E-state index contributed by atoms with van der Waals surface area (Å²) in [6.45, 7) is 4.88. The number of nitrogens with one attached hydrogen (secondary N) is 1. The molecule has 0 saturated carbocycles. The maximum Gasteiger partial charge on any atom is 0.131 e. The van der Waals surface area contributed by atoms with Crippen molar-refractivity contribution in [3.05, 3.63) is 18.5 Å². The molecule has 6 heteroatoms. The van der Waals surface area contributed by atoms with Crippen LogP contribution in [0, 0.1) is 0 Å². The van der Waals surface area contributed by atoms with Gasteiger partial charge in [0.15, 0.2) is 0 Å². The summed E-state index contributed by atoms with van der Waals surface area (Å²) in [6, 6.07) is 2.43. The van der Waals surface area contributed by atoms with Crippen molar-refractivity contribution in [2.45, 2.75) is 19.5 Å². The highest BCUT2D eigenvalue weighted by molar-refractivity contribution is 5.52. The average Bonchev–Trinajstić information content (AvgIpc) is 2.81. The second kappa shape index (κ2) is 3.71. The summed E-state index contributed by atoms with van der Waals surface area (Å²) >= 11 is 0. The largest absolute Gasteiger partial charge is 0.312 e. The molecule has 2 aromatic heterocycles. The third-order valence-electron chi connectivity index (χ3n) is 2.92. The fraction of sp³-hybridized carbons (Fsp3) is 0.500. The van der Waals surface area contributed by atoms with Gasteiger partial charge in [-0.05, 0) is 13.0 Å². The minimum Gasteiger partial charge on any atom is -0.312 e. The van der Waals surface area contributed by atoms with E-state index in [1.54, 1.807) is 6.20 Å². The van der Waals surface area contributed by atoms with Crippen molar-refractivity contribution in [2.24, 2.45) is 0 Å². The van der Waals surface area contributed by atoms with Crippen LogP contribution >= 0.6 is 0 Å². The first kappa shape index (κ1) is 9.53. The zero-order valence-electron chi connectivity index (χ0n) is 9.17. The van der Waals surface area contributed by atoms with Crippen molar-refractivity contribution in [3.8, 4) is 11.4 Å². The summed E-state index contributed by atoms with van der Waals surface area (Å²) < 4.78 is 3.85. The summed E-state index contributed by atoms with van der Waals surface area (Å²) in [5.74, 6) is 0. The van der Waals surface area contributed by atoms with E-state index >= 15 is 0 Å². The third kappa shape index (κ3) is 1.42. The van der Waals surface area contributed by atoms with Crippen molar-refractivity contribution in [2.75, 3.05) is 13.1 Å². The Bertz CT molecular complexity index is 481. The fourth-order valence-electron chi connectivity index (χ4n) is 1.84. The van der Waals surface area contributed by atoms with Gasteiger partial charge in [-0.3, -0.25) is 4.68 Å². The molecular weight excluding hydrogens is 204 g/mol. The molecule has 1 fully saturated rings. The number of aryl methyl sites for hydroxylation is 1. The van der Waals surface area contributed by atoms with Crippen LogP contribution in [-0.2, 0) is 6.54 Å². The van der Waals surface area contributed by atoms with E-state index in [1.807, 2.05) is 21.6 Å². The minimum absolute atomic E-state index is 0.458. The molecule has 0 amide bonds. The minimum atomic E-state index is 0.458. The number of aromatic nitrogens is 5. The van der Waals surface area contributed by atoms with Gasteiger partial charge in [-0.1, -0.05) is 5.21 Å². The molecular formula is C10H14N6. The van der Waals surface area contributed by atoms with Crippen LogP contribution in [0.4, 0.5) is 0 Å². The first-order valence-electron chi connectivity index (χ1n) is 5.53. The van der Waals surface area contributed by atoms with Gasteiger partial charge in [0.2, 0.25) is 0 Å². The maximum atomic E-state index is 4.23. The molecule has 2 aromatic rings. The Morgan fingerprint density at radius 3 is 3.06 bits per heavy atom. The average molecular weight is 218 g/mol. The number of hydrogen-bond acceptors (Lipinski definition) is 4. The second-order valence-electron chi connectivity index (χ2n) is 3.93. The molecule has 3 heterocycles. The summed E-state index contributed by atoms with van der Waals surface area (Å²) in [6.07, 6.45) is 3.79. The number of rotatable bonds is 3. The highest BCUT2D eigenvalue weighted by Gasteiger charge is 2.20. The van der Waals surface area contributed by atoms with Gasteiger partial charge in [-0.2, -0.15) is 5.10 Å². The van der Waals surface area contributed by atoms with Gasteiger partial charge in [0.05, 0.1) is 17.9 Å². The van der Waals surface area contributed by atoms with E-state index < -0.39 is 0 Å². The monoisotopic (exact) mass is 218 g/mol. The molecule has 1 saturated heterocycles. The lowest BCUT2D eigenvalue weighted by Gasteiger charge is -2.26. The molecule has 3 rings (SSSR count). The van der Waals surface area contributed by atoms with E-state index in [2.05, 4.69) is 27.7 Å². The van der Waals surface area contributed by atoms with Gasteiger partial charge in [0, 0.05) is 25.8 Å². The van der Waals surface area contributed by atoms with E-state index in [0.29, 0.717) is 6.04 Å². The Morgan fingerprint density at radius 1 is 1.50 bits per heavy atom. The molecule has 1 N–H and O–H groups in total. The van der Waals surface area contributed by atoms with Crippen LogP contribution in [0.1, 0.15) is 13.0 Å². The fourth-order valence-corrected chi connectivity index (χ4v) is 1.84. The van der Waals surface area contributed by atoms with Gasteiger partial charge in [0.25, 0.3) is 0 Å². The molecule has 0 spiro atoms. The first-order valence-corrected chi connectivity index (χ1v) is 5.53. The Balaban J connectivity index is 1.91. The predicted molar refractivity (Wildman–Crippen MR) is 58.8 cm³/mol. The van der Waals surface area contributed by atoms with Crippen molar-refractivity contribution < 1.29 is 0 Å². The predicted octanol–water partition coefficient (Wildman–Crippen LogP) is 0.306. The summed E-state index contributed by atoms with van der Waals surface area (Å²) in [5, 5.41) is 15.8.